The van der Waals surface area contributed by atoms with Crippen molar-refractivity contribution in [2.24, 2.45) is 0 Å². The summed E-state index contributed by atoms with van der Waals surface area (Å²) in [4.78, 5) is 27.5. The number of ketones is 2. The first-order valence-electron chi connectivity index (χ1n) is 14.9. The number of rotatable bonds is 8. The number of hydrogen-bond donors (Lipinski definition) is 6. The summed E-state index contributed by atoms with van der Waals surface area (Å²) in [6.07, 6.45) is -3.89. The maximum absolute atomic E-state index is 13.8. The van der Waals surface area contributed by atoms with Gasteiger partial charge in [0.05, 0.1) is 53.9 Å². The number of benzene rings is 2. The molecule has 2 aliphatic heterocycles. The van der Waals surface area contributed by atoms with Gasteiger partial charge in [-0.1, -0.05) is 12.1 Å². The summed E-state index contributed by atoms with van der Waals surface area (Å²) in [6.45, 7) is 2.11. The SMILES string of the molecule is CO[C@H]1OCCN[C@@H]1O[C@H]1CC[C@H](O[C@H]2C[C@](O)(C(=N)CO)Cc3c(O)c4c(c(O)c32)C(=O)c2c(OI)cccc2C4=O)O[C@H]1C. The molecule has 248 valence electrons. The molecule has 2 aromatic rings. The number of methoxy groups -OCH3 is 1. The highest BCUT2D eigenvalue weighted by atomic mass is 127. The lowest BCUT2D eigenvalue weighted by atomic mass is 9.71. The van der Waals surface area contributed by atoms with Crippen LogP contribution in [0.25, 0.3) is 0 Å². The summed E-state index contributed by atoms with van der Waals surface area (Å²) in [5, 5.41) is 56.1. The van der Waals surface area contributed by atoms with Crippen LogP contribution in [0.2, 0.25) is 0 Å². The van der Waals surface area contributed by atoms with Crippen LogP contribution in [0.15, 0.2) is 18.2 Å². The number of morpholine rings is 1. The number of hydrogen-bond acceptors (Lipinski definition) is 14. The van der Waals surface area contributed by atoms with Crippen molar-refractivity contribution in [1.82, 2.24) is 5.32 Å². The van der Waals surface area contributed by atoms with E-state index in [1.54, 1.807) is 23.0 Å². The minimum atomic E-state index is -2.00. The van der Waals surface area contributed by atoms with Gasteiger partial charge in [0, 0.05) is 49.6 Å². The average molecular weight is 755 g/mol. The van der Waals surface area contributed by atoms with Crippen LogP contribution in [0.3, 0.4) is 0 Å². The van der Waals surface area contributed by atoms with Crippen LogP contribution >= 0.6 is 23.0 Å². The topological polar surface area (TPSA) is 206 Å². The predicted octanol–water partition coefficient (Wildman–Crippen LogP) is 2.18. The Kier molecular flexibility index (Phi) is 9.41. The molecule has 6 rings (SSSR count). The van der Waals surface area contributed by atoms with Crippen LogP contribution in [0.1, 0.15) is 75.3 Å². The lowest BCUT2D eigenvalue weighted by Crippen LogP contribution is -2.54. The van der Waals surface area contributed by atoms with Crippen molar-refractivity contribution in [3.8, 4) is 17.2 Å². The largest absolute Gasteiger partial charge is 0.507 e. The number of aliphatic hydroxyl groups is 2. The predicted molar refractivity (Wildman–Crippen MR) is 167 cm³/mol. The molecule has 0 amide bonds. The number of fused-ring (bicyclic) bond motifs is 3. The molecule has 14 nitrogen and oxygen atoms in total. The van der Waals surface area contributed by atoms with Gasteiger partial charge in [-0.25, -0.2) is 0 Å². The van der Waals surface area contributed by atoms with E-state index in [9.17, 15) is 30.0 Å². The second-order valence-corrected chi connectivity index (χ2v) is 12.2. The van der Waals surface area contributed by atoms with Gasteiger partial charge in [-0.05, 0) is 19.4 Å². The molecular formula is C31H35IN2O12. The molecule has 0 spiro atoms. The molecule has 7 atom stereocenters. The Morgan fingerprint density at radius 1 is 1.13 bits per heavy atom. The van der Waals surface area contributed by atoms with Crippen molar-refractivity contribution in [1.29, 1.82) is 5.41 Å². The normalized spacial score (nSPS) is 30.7. The Morgan fingerprint density at radius 3 is 2.59 bits per heavy atom. The molecule has 2 aromatic carbocycles. The molecule has 6 N–H and O–H groups in total. The van der Waals surface area contributed by atoms with Gasteiger partial charge in [-0.15, -0.1) is 0 Å². The number of phenols is 2. The summed E-state index contributed by atoms with van der Waals surface area (Å²) in [7, 11) is 1.53. The van der Waals surface area contributed by atoms with Gasteiger partial charge in [-0.2, -0.15) is 0 Å². The summed E-state index contributed by atoms with van der Waals surface area (Å²) < 4.78 is 34.9. The third-order valence-corrected chi connectivity index (χ3v) is 9.56. The maximum atomic E-state index is 13.8. The van der Waals surface area contributed by atoms with Gasteiger partial charge in [0.15, 0.2) is 47.6 Å². The fraction of sp³-hybridized carbons (Fsp3) is 0.516. The van der Waals surface area contributed by atoms with Crippen molar-refractivity contribution < 1.29 is 56.8 Å². The molecule has 0 unspecified atom stereocenters. The Hall–Kier alpha value is -2.74. The monoisotopic (exact) mass is 754 g/mol. The fourth-order valence-corrected chi connectivity index (χ4v) is 7.12. The van der Waals surface area contributed by atoms with Crippen LogP contribution in [0, 0.1) is 5.41 Å². The number of ether oxygens (including phenoxy) is 5. The van der Waals surface area contributed by atoms with Crippen molar-refractivity contribution >= 4 is 40.3 Å². The van der Waals surface area contributed by atoms with E-state index in [1.807, 2.05) is 6.92 Å². The zero-order chi connectivity index (χ0) is 32.9. The van der Waals surface area contributed by atoms with Gasteiger partial charge in [0.2, 0.25) is 5.78 Å². The van der Waals surface area contributed by atoms with E-state index in [1.165, 1.54) is 25.3 Å². The van der Waals surface area contributed by atoms with Crippen LogP contribution < -0.4 is 8.38 Å². The molecule has 0 radical (unpaired) electrons. The van der Waals surface area contributed by atoms with Crippen LogP contribution in [0.5, 0.6) is 17.2 Å². The van der Waals surface area contributed by atoms with Gasteiger partial charge in [0.25, 0.3) is 0 Å². The first-order chi connectivity index (χ1) is 22.0. The van der Waals surface area contributed by atoms with Gasteiger partial charge in [0.1, 0.15) is 22.8 Å². The Morgan fingerprint density at radius 2 is 1.89 bits per heavy atom. The number of carbonyl (C=O) groups is 2. The van der Waals surface area contributed by atoms with Crippen molar-refractivity contribution in [2.75, 3.05) is 26.9 Å². The van der Waals surface area contributed by atoms with E-state index < -0.39 is 89.5 Å². The Labute approximate surface area is 278 Å². The van der Waals surface area contributed by atoms with Crippen molar-refractivity contribution in [2.45, 2.75) is 75.3 Å². The lowest BCUT2D eigenvalue weighted by Gasteiger charge is -2.43. The third kappa shape index (κ3) is 5.60. The first-order valence-corrected chi connectivity index (χ1v) is 15.8. The fourth-order valence-electron chi connectivity index (χ4n) is 6.75. The standard InChI is InChI=1S/C31H35IN2O12/c1-13-16(45-29-30(41-2)42-9-8-34-29)6-7-20(43-13)44-18-11-31(40,19(33)12-35)10-15-22(18)28(39)24-23(26(15)37)25(36)14-4-3-5-17(46-32)21(14)27(24)38/h3-5,13,16,18,20,29-30,33-35,37,39-40H,6-12H2,1-2H3/t13-,16-,18-,20-,29+,30-,31-/m0/s1. The van der Waals surface area contributed by atoms with E-state index in [-0.39, 0.29) is 40.5 Å². The lowest BCUT2D eigenvalue weighted by molar-refractivity contribution is -0.281. The molecule has 2 fully saturated rings. The van der Waals surface area contributed by atoms with Crippen LogP contribution in [0.4, 0.5) is 0 Å². The molecule has 0 aromatic heterocycles. The Bertz CT molecular complexity index is 1570. The molecule has 46 heavy (non-hydrogen) atoms. The summed E-state index contributed by atoms with van der Waals surface area (Å²) in [6, 6.07) is 4.46. The highest BCUT2D eigenvalue weighted by molar-refractivity contribution is 14.1. The molecule has 0 bridgehead atoms. The van der Waals surface area contributed by atoms with E-state index in [0.717, 1.165) is 0 Å². The van der Waals surface area contributed by atoms with E-state index in [2.05, 4.69) is 5.32 Å². The molecule has 2 heterocycles. The van der Waals surface area contributed by atoms with Gasteiger partial charge in [-0.3, -0.25) is 14.9 Å². The van der Waals surface area contributed by atoms with E-state index >= 15 is 0 Å². The Balaban J connectivity index is 1.34. The minimum Gasteiger partial charge on any atom is -0.507 e. The highest BCUT2D eigenvalue weighted by Gasteiger charge is 2.49. The smallest absolute Gasteiger partial charge is 0.202 e. The van der Waals surface area contributed by atoms with Crippen LogP contribution in [-0.4, -0.2) is 101 Å². The second-order valence-electron chi connectivity index (χ2n) is 11.8. The summed E-state index contributed by atoms with van der Waals surface area (Å²) in [5.74, 6) is -2.54. The van der Waals surface area contributed by atoms with Crippen molar-refractivity contribution in [3.05, 3.63) is 51.6 Å². The molecule has 4 aliphatic rings. The average Bonchev–Trinajstić information content (AvgIpc) is 3.05. The first kappa shape index (κ1) is 33.2. The summed E-state index contributed by atoms with van der Waals surface area (Å²) >= 11 is 1.59. The number of phenolic OH excluding ortho intramolecular Hbond substituents is 2. The van der Waals surface area contributed by atoms with E-state index in [4.69, 9.17) is 32.2 Å². The maximum Gasteiger partial charge on any atom is 0.202 e. The third-order valence-electron chi connectivity index (χ3n) is 9.08. The van der Waals surface area contributed by atoms with E-state index in [0.29, 0.717) is 26.0 Å². The molecule has 15 heteroatoms. The minimum absolute atomic E-state index is 0.00902. The van der Waals surface area contributed by atoms with Gasteiger partial charge >= 0.3 is 0 Å². The zero-order valence-corrected chi connectivity index (χ0v) is 27.2. The number of aliphatic hydroxyl groups excluding tert-OH is 1. The molecule has 2 aliphatic carbocycles. The number of halogens is 1. The number of aromatic hydroxyl groups is 2. The quantitative estimate of drug-likeness (QED) is 0.111. The molecule has 2 saturated heterocycles. The zero-order valence-electron chi connectivity index (χ0n) is 25.1. The van der Waals surface area contributed by atoms with Crippen LogP contribution in [-0.2, 0) is 30.1 Å². The van der Waals surface area contributed by atoms with Gasteiger partial charge < -0.3 is 52.6 Å². The second kappa shape index (κ2) is 13.0. The molecule has 0 saturated carbocycles. The molecular weight excluding hydrogens is 719 g/mol. The summed E-state index contributed by atoms with van der Waals surface area (Å²) in [5.41, 5.74) is -3.43. The number of carbonyl (C=O) groups excluding carboxylic acids is 2. The highest BCUT2D eigenvalue weighted by Crippen LogP contribution is 2.52. The van der Waals surface area contributed by atoms with Crippen molar-refractivity contribution in [3.63, 3.8) is 0 Å². The number of nitrogens with one attached hydrogen (secondary N) is 2.